The van der Waals surface area contributed by atoms with Crippen LogP contribution in [0.5, 0.6) is 0 Å². The topological polar surface area (TPSA) is 44.0 Å². The lowest BCUT2D eigenvalue weighted by molar-refractivity contribution is 0.994. The van der Waals surface area contributed by atoms with E-state index in [0.29, 0.717) is 21.5 Å². The molecule has 0 aliphatic rings. The molecule has 0 saturated heterocycles. The SMILES string of the molecule is Cn1c2cc(-c3cccc4c3sc3ccccc34)ccc2c(=O)c2cc3c(cc21)c(=O)c1ccc(-c2cccc4c2sc2ccccc24)cc1n3C. The molecule has 0 unspecified atom stereocenters. The minimum Gasteiger partial charge on any atom is -0.343 e. The monoisotopic (exact) mass is 704 g/mol. The molecule has 0 radical (unpaired) electrons. The molecule has 11 aromatic rings. The van der Waals surface area contributed by atoms with Gasteiger partial charge >= 0.3 is 0 Å². The second-order valence-electron chi connectivity index (χ2n) is 13.7. The lowest BCUT2D eigenvalue weighted by Gasteiger charge is -2.16. The molecule has 6 heteroatoms. The number of aromatic nitrogens is 2. The Morgan fingerprint density at radius 2 is 0.788 bits per heavy atom. The summed E-state index contributed by atoms with van der Waals surface area (Å²) in [5.74, 6) is 0. The van der Waals surface area contributed by atoms with Crippen LogP contribution in [0.3, 0.4) is 0 Å². The summed E-state index contributed by atoms with van der Waals surface area (Å²) in [5, 5.41) is 7.51. The van der Waals surface area contributed by atoms with E-state index in [0.717, 1.165) is 44.3 Å². The second-order valence-corrected chi connectivity index (χ2v) is 15.8. The van der Waals surface area contributed by atoms with E-state index >= 15 is 0 Å². The number of hydrogen-bond acceptors (Lipinski definition) is 4. The molecule has 7 aromatic carbocycles. The number of aryl methyl sites for hydroxylation is 2. The third-order valence-corrected chi connectivity index (χ3v) is 13.4. The molecule has 0 bridgehead atoms. The molecule has 0 fully saturated rings. The van der Waals surface area contributed by atoms with Crippen LogP contribution in [0.1, 0.15) is 0 Å². The summed E-state index contributed by atoms with van der Waals surface area (Å²) in [6.45, 7) is 0. The van der Waals surface area contributed by atoms with E-state index in [9.17, 15) is 9.59 Å². The summed E-state index contributed by atoms with van der Waals surface area (Å²) in [4.78, 5) is 28.5. The Balaban J connectivity index is 1.12. The molecule has 52 heavy (non-hydrogen) atoms. The molecular weight excluding hydrogens is 677 g/mol. The van der Waals surface area contributed by atoms with Crippen LogP contribution in [0.4, 0.5) is 0 Å². The molecule has 4 aromatic heterocycles. The van der Waals surface area contributed by atoms with Gasteiger partial charge in [0, 0.05) is 76.0 Å². The van der Waals surface area contributed by atoms with Crippen molar-refractivity contribution in [1.82, 2.24) is 9.13 Å². The maximum absolute atomic E-state index is 14.3. The van der Waals surface area contributed by atoms with Crippen LogP contribution < -0.4 is 10.9 Å². The van der Waals surface area contributed by atoms with Crippen LogP contribution in [0.15, 0.2) is 143 Å². The molecule has 0 aliphatic heterocycles. The molecular formula is C46H28N2O2S2. The molecule has 0 atom stereocenters. The van der Waals surface area contributed by atoms with Gasteiger partial charge in [-0.1, -0.05) is 84.9 Å². The summed E-state index contributed by atoms with van der Waals surface area (Å²) < 4.78 is 9.12. The zero-order valence-corrected chi connectivity index (χ0v) is 29.9. The Hall–Kier alpha value is -6.08. The quantitative estimate of drug-likeness (QED) is 0.168. The lowest BCUT2D eigenvalue weighted by Crippen LogP contribution is -2.13. The fraction of sp³-hybridized carbons (Fsp3) is 0.0435. The van der Waals surface area contributed by atoms with Crippen LogP contribution in [0.2, 0.25) is 0 Å². The molecule has 11 rings (SSSR count). The zero-order chi connectivity index (χ0) is 34.8. The van der Waals surface area contributed by atoms with Crippen molar-refractivity contribution in [2.24, 2.45) is 14.1 Å². The van der Waals surface area contributed by atoms with Gasteiger partial charge in [-0.15, -0.1) is 22.7 Å². The normalized spacial score (nSPS) is 12.2. The summed E-state index contributed by atoms with van der Waals surface area (Å²) in [5.41, 5.74) is 7.51. The number of thiophene rings is 2. The largest absolute Gasteiger partial charge is 0.343 e. The number of pyridine rings is 2. The van der Waals surface area contributed by atoms with Crippen molar-refractivity contribution in [3.8, 4) is 22.3 Å². The number of rotatable bonds is 2. The summed E-state index contributed by atoms with van der Waals surface area (Å²) in [6, 6.07) is 46.1. The molecule has 0 spiro atoms. The first-order valence-electron chi connectivity index (χ1n) is 17.3. The fourth-order valence-corrected chi connectivity index (χ4v) is 10.8. The highest BCUT2D eigenvalue weighted by Crippen LogP contribution is 2.42. The Bertz CT molecular complexity index is 3260. The fourth-order valence-electron chi connectivity index (χ4n) is 8.33. The molecule has 4 heterocycles. The van der Waals surface area contributed by atoms with Gasteiger partial charge in [0.05, 0.1) is 22.1 Å². The number of nitrogens with zero attached hydrogens (tertiary/aromatic N) is 2. The minimum atomic E-state index is -0.0330. The Morgan fingerprint density at radius 1 is 0.385 bits per heavy atom. The highest BCUT2D eigenvalue weighted by Gasteiger charge is 2.18. The van der Waals surface area contributed by atoms with Crippen molar-refractivity contribution in [3.63, 3.8) is 0 Å². The Kier molecular flexibility index (Phi) is 6.11. The van der Waals surface area contributed by atoms with Crippen molar-refractivity contribution in [2.75, 3.05) is 0 Å². The molecule has 0 N–H and O–H groups in total. The highest BCUT2D eigenvalue weighted by molar-refractivity contribution is 7.26. The van der Waals surface area contributed by atoms with E-state index in [1.165, 1.54) is 40.3 Å². The lowest BCUT2D eigenvalue weighted by atomic mass is 9.98. The maximum Gasteiger partial charge on any atom is 0.197 e. The first kappa shape index (κ1) is 29.6. The number of hydrogen-bond donors (Lipinski definition) is 0. The van der Waals surface area contributed by atoms with E-state index in [4.69, 9.17) is 0 Å². The van der Waals surface area contributed by atoms with Gasteiger partial charge in [-0.3, -0.25) is 9.59 Å². The first-order valence-corrected chi connectivity index (χ1v) is 18.9. The van der Waals surface area contributed by atoms with Crippen LogP contribution in [-0.2, 0) is 14.1 Å². The molecule has 0 amide bonds. The standard InChI is InChI=1S/C46H28N2O2S2/c1-47-37-21-25(27-11-7-13-31-29-9-3-5-15-41(29)51-45(27)31)17-19-33(37)43(49)35-24-40-36(23-39(35)47)44(50)34-20-18-26(22-38(34)48(40)2)28-12-8-14-32-30-10-4-6-16-42(30)52-46(28)32/h3-24H,1-2H3. The van der Waals surface area contributed by atoms with E-state index in [1.54, 1.807) is 22.7 Å². The van der Waals surface area contributed by atoms with Gasteiger partial charge < -0.3 is 9.13 Å². The van der Waals surface area contributed by atoms with Gasteiger partial charge in [-0.25, -0.2) is 0 Å². The van der Waals surface area contributed by atoms with Gasteiger partial charge in [-0.2, -0.15) is 0 Å². The average molecular weight is 705 g/mol. The third kappa shape index (κ3) is 4.02. The van der Waals surface area contributed by atoms with Crippen LogP contribution >= 0.6 is 22.7 Å². The van der Waals surface area contributed by atoms with Gasteiger partial charge in [0.1, 0.15) is 0 Å². The molecule has 246 valence electrons. The summed E-state index contributed by atoms with van der Waals surface area (Å²) >= 11 is 3.60. The molecule has 0 aliphatic carbocycles. The number of benzene rings is 7. The van der Waals surface area contributed by atoms with Crippen LogP contribution in [0.25, 0.3) is 106 Å². The average Bonchev–Trinajstić information content (AvgIpc) is 3.77. The van der Waals surface area contributed by atoms with Gasteiger partial charge in [0.25, 0.3) is 0 Å². The summed E-state index contributed by atoms with van der Waals surface area (Å²) in [6.07, 6.45) is 0. The van der Waals surface area contributed by atoms with Gasteiger partial charge in [0.2, 0.25) is 0 Å². The molecule has 0 saturated carbocycles. The predicted octanol–water partition coefficient (Wildman–Crippen LogP) is 11.8. The van der Waals surface area contributed by atoms with Crippen LogP contribution in [-0.4, -0.2) is 9.13 Å². The van der Waals surface area contributed by atoms with E-state index in [2.05, 4.69) is 118 Å². The van der Waals surface area contributed by atoms with Crippen molar-refractivity contribution < 1.29 is 0 Å². The predicted molar refractivity (Wildman–Crippen MR) is 224 cm³/mol. The van der Waals surface area contributed by atoms with Crippen molar-refractivity contribution in [2.45, 2.75) is 0 Å². The van der Waals surface area contributed by atoms with Gasteiger partial charge in [-0.05, 0) is 70.8 Å². The summed E-state index contributed by atoms with van der Waals surface area (Å²) in [7, 11) is 3.98. The third-order valence-electron chi connectivity index (χ3n) is 11.0. The first-order chi connectivity index (χ1) is 25.4. The van der Waals surface area contributed by atoms with Crippen molar-refractivity contribution in [1.29, 1.82) is 0 Å². The Morgan fingerprint density at radius 3 is 1.25 bits per heavy atom. The van der Waals surface area contributed by atoms with Crippen molar-refractivity contribution in [3.05, 3.63) is 154 Å². The molecule has 4 nitrogen and oxygen atoms in total. The number of fused-ring (bicyclic) bond motifs is 10. The van der Waals surface area contributed by atoms with Gasteiger partial charge in [0.15, 0.2) is 10.9 Å². The zero-order valence-electron chi connectivity index (χ0n) is 28.2. The minimum absolute atomic E-state index is 0.0330. The Labute approximate surface area is 304 Å². The maximum atomic E-state index is 14.3. The van der Waals surface area contributed by atoms with Crippen molar-refractivity contribution >= 4 is 107 Å². The van der Waals surface area contributed by atoms with Crippen LogP contribution in [0, 0.1) is 0 Å². The highest BCUT2D eigenvalue weighted by atomic mass is 32.1. The van der Waals surface area contributed by atoms with E-state index < -0.39 is 0 Å². The van der Waals surface area contributed by atoms with E-state index in [1.807, 2.05) is 38.4 Å². The smallest absolute Gasteiger partial charge is 0.197 e. The second kappa shape index (κ2) is 10.7. The van der Waals surface area contributed by atoms with E-state index in [-0.39, 0.29) is 10.9 Å².